The molecule has 0 spiro atoms. The zero-order chi connectivity index (χ0) is 13.8. The molecule has 0 atom stereocenters. The van der Waals surface area contributed by atoms with Crippen molar-refractivity contribution in [3.8, 4) is 0 Å². The second-order valence-electron chi connectivity index (χ2n) is 6.48. The van der Waals surface area contributed by atoms with Crippen LogP contribution in [-0.2, 0) is 18.1 Å². The van der Waals surface area contributed by atoms with Gasteiger partial charge in [-0.05, 0) is 38.5 Å². The van der Waals surface area contributed by atoms with Crippen LogP contribution in [0.3, 0.4) is 0 Å². The standard InChI is InChI=1S/C15H27O4P/c16-20(17-13-7-1-2-8-13,18-14-9-3-4-10-14)19-15-11-5-6-12-15/h13-15H,1-12H2. The van der Waals surface area contributed by atoms with Crippen LogP contribution >= 0.6 is 7.82 Å². The van der Waals surface area contributed by atoms with Crippen molar-refractivity contribution in [1.29, 1.82) is 0 Å². The fourth-order valence-electron chi connectivity index (χ4n) is 3.60. The lowest BCUT2D eigenvalue weighted by molar-refractivity contribution is 0.0354. The van der Waals surface area contributed by atoms with Crippen molar-refractivity contribution in [3.63, 3.8) is 0 Å². The molecular weight excluding hydrogens is 275 g/mol. The Balaban J connectivity index is 1.61. The van der Waals surface area contributed by atoms with Crippen molar-refractivity contribution < 1.29 is 18.1 Å². The first kappa shape index (κ1) is 15.0. The van der Waals surface area contributed by atoms with Crippen LogP contribution in [0.5, 0.6) is 0 Å². The van der Waals surface area contributed by atoms with Crippen LogP contribution in [0.15, 0.2) is 0 Å². The molecule has 3 aliphatic carbocycles. The molecule has 0 aromatic carbocycles. The minimum absolute atomic E-state index is 0.0728. The summed E-state index contributed by atoms with van der Waals surface area (Å²) in [5.74, 6) is 0. The van der Waals surface area contributed by atoms with Crippen LogP contribution in [0, 0.1) is 0 Å². The summed E-state index contributed by atoms with van der Waals surface area (Å²) < 4.78 is 30.5. The van der Waals surface area contributed by atoms with E-state index in [4.69, 9.17) is 13.6 Å². The Bertz CT molecular complexity index is 289. The molecule has 0 radical (unpaired) electrons. The highest BCUT2D eigenvalue weighted by molar-refractivity contribution is 7.48. The molecule has 3 fully saturated rings. The van der Waals surface area contributed by atoms with Gasteiger partial charge >= 0.3 is 7.82 Å². The summed E-state index contributed by atoms with van der Waals surface area (Å²) in [4.78, 5) is 0. The largest absolute Gasteiger partial charge is 0.475 e. The van der Waals surface area contributed by atoms with E-state index in [1.807, 2.05) is 0 Å². The third kappa shape index (κ3) is 4.07. The molecule has 0 unspecified atom stereocenters. The third-order valence-electron chi connectivity index (χ3n) is 4.74. The van der Waals surface area contributed by atoms with Gasteiger partial charge in [0.15, 0.2) is 0 Å². The summed E-state index contributed by atoms with van der Waals surface area (Å²) in [6, 6.07) is 0. The van der Waals surface area contributed by atoms with Gasteiger partial charge in [-0.25, -0.2) is 4.57 Å². The molecule has 0 heterocycles. The lowest BCUT2D eigenvalue weighted by Gasteiger charge is -2.26. The average Bonchev–Trinajstić information content (AvgIpc) is 3.11. The molecule has 0 N–H and O–H groups in total. The van der Waals surface area contributed by atoms with E-state index in [-0.39, 0.29) is 18.3 Å². The first-order valence-corrected chi connectivity index (χ1v) is 9.85. The van der Waals surface area contributed by atoms with Crippen molar-refractivity contribution in [3.05, 3.63) is 0 Å². The van der Waals surface area contributed by atoms with E-state index in [9.17, 15) is 4.57 Å². The Morgan fingerprint density at radius 2 is 0.800 bits per heavy atom. The van der Waals surface area contributed by atoms with Crippen molar-refractivity contribution in [1.82, 2.24) is 0 Å². The van der Waals surface area contributed by atoms with Crippen LogP contribution in [-0.4, -0.2) is 18.3 Å². The van der Waals surface area contributed by atoms with Gasteiger partial charge in [-0.3, -0.25) is 13.6 Å². The predicted molar refractivity (Wildman–Crippen MR) is 77.6 cm³/mol. The van der Waals surface area contributed by atoms with Crippen molar-refractivity contribution >= 4 is 7.82 Å². The first-order chi connectivity index (χ1) is 9.73. The molecule has 20 heavy (non-hydrogen) atoms. The highest BCUT2D eigenvalue weighted by Gasteiger charge is 2.38. The zero-order valence-corrected chi connectivity index (χ0v) is 13.2. The number of hydrogen-bond acceptors (Lipinski definition) is 4. The molecular formula is C15H27O4P. The lowest BCUT2D eigenvalue weighted by atomic mass is 10.3. The molecule has 0 aromatic rings. The molecule has 3 rings (SSSR count). The van der Waals surface area contributed by atoms with Gasteiger partial charge in [-0.2, -0.15) is 0 Å². The summed E-state index contributed by atoms with van der Waals surface area (Å²) in [5.41, 5.74) is 0. The molecule has 3 saturated carbocycles. The summed E-state index contributed by atoms with van der Waals surface area (Å²) in [6.07, 6.45) is 13.2. The molecule has 0 aliphatic heterocycles. The molecule has 116 valence electrons. The molecule has 0 amide bonds. The van der Waals surface area contributed by atoms with E-state index >= 15 is 0 Å². The van der Waals surface area contributed by atoms with E-state index in [1.165, 1.54) is 0 Å². The summed E-state index contributed by atoms with van der Waals surface area (Å²) in [7, 11) is -3.37. The Kier molecular flexibility index (Phi) is 5.19. The minimum Gasteiger partial charge on any atom is -0.284 e. The topological polar surface area (TPSA) is 44.8 Å². The van der Waals surface area contributed by atoms with E-state index in [0.29, 0.717) is 0 Å². The summed E-state index contributed by atoms with van der Waals surface area (Å²) >= 11 is 0. The number of phosphoric ester groups is 1. The minimum atomic E-state index is -3.37. The Labute approximate surface area is 122 Å². The lowest BCUT2D eigenvalue weighted by Crippen LogP contribution is -2.17. The highest BCUT2D eigenvalue weighted by Crippen LogP contribution is 2.56. The molecule has 0 saturated heterocycles. The Hall–Kier alpha value is 0.110. The van der Waals surface area contributed by atoms with Gasteiger partial charge in [0, 0.05) is 0 Å². The predicted octanol–water partition coefficient (Wildman–Crippen LogP) is 4.97. The normalized spacial score (nSPS) is 26.8. The number of hydrogen-bond donors (Lipinski definition) is 0. The monoisotopic (exact) mass is 302 g/mol. The second kappa shape index (κ2) is 6.91. The van der Waals surface area contributed by atoms with Crippen LogP contribution in [0.4, 0.5) is 0 Å². The summed E-state index contributed by atoms with van der Waals surface area (Å²) in [6.45, 7) is 0. The molecule has 5 heteroatoms. The van der Waals surface area contributed by atoms with E-state index in [1.54, 1.807) is 0 Å². The van der Waals surface area contributed by atoms with Gasteiger partial charge in [0.1, 0.15) is 0 Å². The van der Waals surface area contributed by atoms with Crippen molar-refractivity contribution in [2.45, 2.75) is 95.4 Å². The molecule has 0 bridgehead atoms. The second-order valence-corrected chi connectivity index (χ2v) is 8.01. The number of phosphoric acid groups is 1. The third-order valence-corrected chi connectivity index (χ3v) is 6.41. The van der Waals surface area contributed by atoms with Crippen molar-refractivity contribution in [2.75, 3.05) is 0 Å². The summed E-state index contributed by atoms with van der Waals surface area (Å²) in [5, 5.41) is 0. The quantitative estimate of drug-likeness (QED) is 0.650. The Morgan fingerprint density at radius 1 is 0.550 bits per heavy atom. The SMILES string of the molecule is O=P(OC1CCCC1)(OC1CCCC1)OC1CCCC1. The van der Waals surface area contributed by atoms with Gasteiger partial charge in [-0.1, -0.05) is 38.5 Å². The van der Waals surface area contributed by atoms with Gasteiger partial charge in [0.2, 0.25) is 0 Å². The fraction of sp³-hybridized carbons (Fsp3) is 1.00. The van der Waals surface area contributed by atoms with Crippen LogP contribution < -0.4 is 0 Å². The van der Waals surface area contributed by atoms with Gasteiger partial charge in [-0.15, -0.1) is 0 Å². The average molecular weight is 302 g/mol. The maximum atomic E-state index is 13.0. The van der Waals surface area contributed by atoms with E-state index < -0.39 is 7.82 Å². The van der Waals surface area contributed by atoms with Gasteiger partial charge in [0.05, 0.1) is 18.3 Å². The van der Waals surface area contributed by atoms with E-state index in [0.717, 1.165) is 77.0 Å². The molecule has 3 aliphatic rings. The van der Waals surface area contributed by atoms with Gasteiger partial charge < -0.3 is 0 Å². The van der Waals surface area contributed by atoms with E-state index in [2.05, 4.69) is 0 Å². The van der Waals surface area contributed by atoms with Gasteiger partial charge in [0.25, 0.3) is 0 Å². The molecule has 4 nitrogen and oxygen atoms in total. The molecule has 0 aromatic heterocycles. The number of rotatable bonds is 6. The Morgan fingerprint density at radius 3 is 1.05 bits per heavy atom. The van der Waals surface area contributed by atoms with Crippen LogP contribution in [0.25, 0.3) is 0 Å². The first-order valence-electron chi connectivity index (χ1n) is 8.39. The maximum Gasteiger partial charge on any atom is 0.475 e. The van der Waals surface area contributed by atoms with Crippen LogP contribution in [0.2, 0.25) is 0 Å². The van der Waals surface area contributed by atoms with Crippen LogP contribution in [0.1, 0.15) is 77.0 Å². The fourth-order valence-corrected chi connectivity index (χ4v) is 5.48. The smallest absolute Gasteiger partial charge is 0.284 e. The highest BCUT2D eigenvalue weighted by atomic mass is 31.2. The van der Waals surface area contributed by atoms with Crippen molar-refractivity contribution in [2.24, 2.45) is 0 Å². The zero-order valence-electron chi connectivity index (χ0n) is 12.3. The maximum absolute atomic E-state index is 13.0.